The van der Waals surface area contributed by atoms with Crippen LogP contribution in [0.4, 0.5) is 5.69 Å². The van der Waals surface area contributed by atoms with Crippen molar-refractivity contribution in [3.63, 3.8) is 0 Å². The molecule has 2 aromatic rings. The van der Waals surface area contributed by atoms with E-state index in [0.717, 1.165) is 0 Å². The maximum atomic E-state index is 11.4. The number of nitrogens with zero attached hydrogens (tertiary/aromatic N) is 3. The van der Waals surface area contributed by atoms with Gasteiger partial charge in [0, 0.05) is 23.8 Å². The van der Waals surface area contributed by atoms with E-state index in [4.69, 9.17) is 16.9 Å². The number of nitriles is 1. The van der Waals surface area contributed by atoms with Gasteiger partial charge in [0.15, 0.2) is 6.04 Å². The van der Waals surface area contributed by atoms with E-state index < -0.39 is 12.0 Å². The van der Waals surface area contributed by atoms with Crippen molar-refractivity contribution < 1.29 is 9.90 Å². The second-order valence-corrected chi connectivity index (χ2v) is 4.60. The number of aromatic nitrogens is 2. The quantitative estimate of drug-likeness (QED) is 0.900. The smallest absolute Gasteiger partial charge is 0.330 e. The van der Waals surface area contributed by atoms with E-state index >= 15 is 0 Å². The van der Waals surface area contributed by atoms with E-state index in [9.17, 15) is 9.90 Å². The van der Waals surface area contributed by atoms with Gasteiger partial charge in [0.05, 0.1) is 17.4 Å². The molecule has 20 heavy (non-hydrogen) atoms. The predicted molar refractivity (Wildman–Crippen MR) is 73.4 cm³/mol. The number of nitrogens with one attached hydrogen (secondary N) is 1. The van der Waals surface area contributed by atoms with Crippen LogP contribution >= 0.6 is 11.6 Å². The summed E-state index contributed by atoms with van der Waals surface area (Å²) in [4.78, 5) is 11.4. The highest BCUT2D eigenvalue weighted by Gasteiger charge is 2.22. The third-order valence-corrected chi connectivity index (χ3v) is 2.94. The van der Waals surface area contributed by atoms with Crippen LogP contribution in [0.15, 0.2) is 30.6 Å². The lowest BCUT2D eigenvalue weighted by Gasteiger charge is -2.15. The zero-order valence-corrected chi connectivity index (χ0v) is 11.3. The zero-order chi connectivity index (χ0) is 14.7. The average molecular weight is 291 g/mol. The van der Waals surface area contributed by atoms with Crippen molar-refractivity contribution in [1.82, 2.24) is 9.78 Å². The summed E-state index contributed by atoms with van der Waals surface area (Å²) < 4.78 is 1.51. The Kier molecular flexibility index (Phi) is 3.91. The lowest BCUT2D eigenvalue weighted by Crippen LogP contribution is -2.20. The van der Waals surface area contributed by atoms with Crippen molar-refractivity contribution in [2.75, 3.05) is 5.32 Å². The number of carboxylic acids is 1. The number of carboxylic acid groups (broad SMARTS) is 1. The zero-order valence-electron chi connectivity index (χ0n) is 10.5. The molecule has 102 valence electrons. The molecule has 2 rings (SSSR count). The standard InChI is InChI=1S/C13H11ClN4O2/c1-18-7-9(6-16-18)12(13(19)20)17-11-4-10(14)3-2-8(11)5-15/h2-4,6-7,12,17H,1H3,(H,19,20). The largest absolute Gasteiger partial charge is 0.479 e. The first kappa shape index (κ1) is 13.9. The molecule has 1 heterocycles. The van der Waals surface area contributed by atoms with Crippen molar-refractivity contribution in [2.24, 2.45) is 7.05 Å². The molecule has 0 spiro atoms. The number of halogens is 1. The maximum Gasteiger partial charge on any atom is 0.330 e. The number of hydrogen-bond donors (Lipinski definition) is 2. The van der Waals surface area contributed by atoms with E-state index in [1.165, 1.54) is 23.0 Å². The van der Waals surface area contributed by atoms with Crippen LogP contribution in [0.1, 0.15) is 17.2 Å². The average Bonchev–Trinajstić information content (AvgIpc) is 2.82. The molecule has 1 aromatic carbocycles. The molecular weight excluding hydrogens is 280 g/mol. The van der Waals surface area contributed by atoms with Crippen LogP contribution < -0.4 is 5.32 Å². The van der Waals surface area contributed by atoms with Crippen LogP contribution in [0, 0.1) is 11.3 Å². The number of aliphatic carboxylic acids is 1. The molecule has 1 atom stereocenters. The summed E-state index contributed by atoms with van der Waals surface area (Å²) in [6.07, 6.45) is 3.06. The minimum atomic E-state index is -1.07. The Labute approximate surface area is 120 Å². The molecule has 0 fully saturated rings. The fourth-order valence-corrected chi connectivity index (χ4v) is 1.94. The fraction of sp³-hybridized carbons (Fsp3) is 0.154. The summed E-state index contributed by atoms with van der Waals surface area (Å²) in [5.41, 5.74) is 1.18. The first-order chi connectivity index (χ1) is 9.51. The molecule has 0 radical (unpaired) electrons. The third kappa shape index (κ3) is 2.90. The molecule has 0 bridgehead atoms. The van der Waals surface area contributed by atoms with E-state index in [0.29, 0.717) is 21.8 Å². The van der Waals surface area contributed by atoms with Gasteiger partial charge < -0.3 is 10.4 Å². The van der Waals surface area contributed by atoms with Crippen molar-refractivity contribution in [3.05, 3.63) is 46.7 Å². The van der Waals surface area contributed by atoms with Gasteiger partial charge in [-0.15, -0.1) is 0 Å². The van der Waals surface area contributed by atoms with Crippen LogP contribution in [0.3, 0.4) is 0 Å². The summed E-state index contributed by atoms with van der Waals surface area (Å²) in [6, 6.07) is 5.61. The van der Waals surface area contributed by atoms with Gasteiger partial charge in [-0.2, -0.15) is 10.4 Å². The van der Waals surface area contributed by atoms with Gasteiger partial charge in [-0.05, 0) is 18.2 Å². The molecule has 0 saturated heterocycles. The number of carbonyl (C=O) groups is 1. The summed E-state index contributed by atoms with van der Waals surface area (Å²) >= 11 is 5.87. The Hall–Kier alpha value is -2.52. The van der Waals surface area contributed by atoms with Gasteiger partial charge in [-0.25, -0.2) is 4.79 Å². The molecule has 0 amide bonds. The van der Waals surface area contributed by atoms with Gasteiger partial charge >= 0.3 is 5.97 Å². The van der Waals surface area contributed by atoms with Crippen molar-refractivity contribution >= 4 is 23.3 Å². The van der Waals surface area contributed by atoms with Crippen LogP contribution in [0.25, 0.3) is 0 Å². The Bertz CT molecular complexity index is 690. The first-order valence-corrected chi connectivity index (χ1v) is 6.06. The molecular formula is C13H11ClN4O2. The summed E-state index contributed by atoms with van der Waals surface area (Å²) in [5, 5.41) is 25.5. The molecule has 1 aromatic heterocycles. The Balaban J connectivity index is 2.37. The summed E-state index contributed by atoms with van der Waals surface area (Å²) in [5.74, 6) is -1.07. The molecule has 0 saturated carbocycles. The lowest BCUT2D eigenvalue weighted by atomic mass is 10.1. The molecule has 1 unspecified atom stereocenters. The predicted octanol–water partition coefficient (Wildman–Crippen LogP) is 2.18. The molecule has 0 aliphatic heterocycles. The number of aryl methyl sites for hydroxylation is 1. The van der Waals surface area contributed by atoms with Gasteiger partial charge in [0.25, 0.3) is 0 Å². The number of hydrogen-bond acceptors (Lipinski definition) is 4. The molecule has 0 aliphatic carbocycles. The second-order valence-electron chi connectivity index (χ2n) is 4.16. The highest BCUT2D eigenvalue weighted by molar-refractivity contribution is 6.30. The summed E-state index contributed by atoms with van der Waals surface area (Å²) in [7, 11) is 1.70. The molecule has 0 aliphatic rings. The highest BCUT2D eigenvalue weighted by atomic mass is 35.5. The van der Waals surface area contributed by atoms with E-state index in [2.05, 4.69) is 10.4 Å². The highest BCUT2D eigenvalue weighted by Crippen LogP contribution is 2.25. The van der Waals surface area contributed by atoms with Crippen LogP contribution in [-0.4, -0.2) is 20.9 Å². The number of rotatable bonds is 4. The first-order valence-electron chi connectivity index (χ1n) is 5.69. The van der Waals surface area contributed by atoms with Crippen molar-refractivity contribution in [1.29, 1.82) is 5.26 Å². The lowest BCUT2D eigenvalue weighted by molar-refractivity contribution is -0.138. The Morgan fingerprint density at radius 2 is 2.35 bits per heavy atom. The van der Waals surface area contributed by atoms with Gasteiger partial charge in [-0.1, -0.05) is 11.6 Å². The maximum absolute atomic E-state index is 11.4. The second kappa shape index (κ2) is 5.63. The minimum absolute atomic E-state index is 0.324. The fourth-order valence-electron chi connectivity index (χ4n) is 1.77. The van der Waals surface area contributed by atoms with Crippen LogP contribution in [0.5, 0.6) is 0 Å². The van der Waals surface area contributed by atoms with E-state index in [1.807, 2.05) is 6.07 Å². The van der Waals surface area contributed by atoms with Crippen molar-refractivity contribution in [2.45, 2.75) is 6.04 Å². The minimum Gasteiger partial charge on any atom is -0.479 e. The van der Waals surface area contributed by atoms with Crippen LogP contribution in [-0.2, 0) is 11.8 Å². The molecule has 6 nitrogen and oxygen atoms in total. The van der Waals surface area contributed by atoms with Crippen molar-refractivity contribution in [3.8, 4) is 6.07 Å². The van der Waals surface area contributed by atoms with Gasteiger partial charge in [-0.3, -0.25) is 4.68 Å². The number of anilines is 1. The topological polar surface area (TPSA) is 90.9 Å². The SMILES string of the molecule is Cn1cc(C(Nc2cc(Cl)ccc2C#N)C(=O)O)cn1. The molecule has 7 heteroatoms. The van der Waals surface area contributed by atoms with Gasteiger partial charge in [0.1, 0.15) is 6.07 Å². The monoisotopic (exact) mass is 290 g/mol. The summed E-state index contributed by atoms with van der Waals surface area (Å²) in [6.45, 7) is 0. The Morgan fingerprint density at radius 1 is 1.60 bits per heavy atom. The third-order valence-electron chi connectivity index (χ3n) is 2.71. The van der Waals surface area contributed by atoms with Crippen LogP contribution in [0.2, 0.25) is 5.02 Å². The van der Waals surface area contributed by atoms with E-state index in [-0.39, 0.29) is 0 Å². The van der Waals surface area contributed by atoms with E-state index in [1.54, 1.807) is 19.3 Å². The van der Waals surface area contributed by atoms with Gasteiger partial charge in [0.2, 0.25) is 0 Å². The molecule has 2 N–H and O–H groups in total. The Morgan fingerprint density at radius 3 is 2.90 bits per heavy atom. The normalized spacial score (nSPS) is 11.7. The number of benzene rings is 1.